The fourth-order valence-corrected chi connectivity index (χ4v) is 1.57. The van der Waals surface area contributed by atoms with Crippen LogP contribution in [0.5, 0.6) is 5.75 Å². The Bertz CT molecular complexity index is 367. The van der Waals surface area contributed by atoms with Crippen molar-refractivity contribution in [3.05, 3.63) is 29.8 Å². The first-order valence-electron chi connectivity index (χ1n) is 6.42. The highest BCUT2D eigenvalue weighted by atomic mass is 32.1. The molecule has 0 saturated carbocycles. The normalized spacial score (nSPS) is 10.4. The Morgan fingerprint density at radius 1 is 1.05 bits per heavy atom. The summed E-state index contributed by atoms with van der Waals surface area (Å²) in [6.45, 7) is 5.29. The van der Waals surface area contributed by atoms with Gasteiger partial charge in [0.25, 0.3) is 0 Å². The number of benzene rings is 1. The van der Waals surface area contributed by atoms with E-state index in [-0.39, 0.29) is 0 Å². The van der Waals surface area contributed by atoms with E-state index in [9.17, 15) is 0 Å². The molecule has 0 aromatic heterocycles. The van der Waals surface area contributed by atoms with Crippen LogP contribution in [0.25, 0.3) is 0 Å². The first-order chi connectivity index (χ1) is 9.24. The molecule has 19 heavy (non-hydrogen) atoms. The van der Waals surface area contributed by atoms with E-state index < -0.39 is 0 Å². The van der Waals surface area contributed by atoms with E-state index in [1.165, 1.54) is 0 Å². The zero-order valence-corrected chi connectivity index (χ0v) is 12.1. The van der Waals surface area contributed by atoms with E-state index in [4.69, 9.17) is 32.2 Å². The predicted molar refractivity (Wildman–Crippen MR) is 79.8 cm³/mol. The van der Waals surface area contributed by atoms with E-state index in [0.717, 1.165) is 24.3 Å². The molecule has 1 aromatic carbocycles. The van der Waals surface area contributed by atoms with Gasteiger partial charge in [0.15, 0.2) is 0 Å². The largest absolute Gasteiger partial charge is 0.494 e. The molecule has 4 nitrogen and oxygen atoms in total. The predicted octanol–water partition coefficient (Wildman–Crippen LogP) is 2.14. The van der Waals surface area contributed by atoms with E-state index in [1.54, 1.807) is 0 Å². The highest BCUT2D eigenvalue weighted by molar-refractivity contribution is 7.80. The molecule has 1 aromatic rings. The third kappa shape index (κ3) is 7.10. The summed E-state index contributed by atoms with van der Waals surface area (Å²) in [6, 6.07) is 7.45. The summed E-state index contributed by atoms with van der Waals surface area (Å²) >= 11 is 4.88. The third-order valence-electron chi connectivity index (χ3n) is 2.42. The average Bonchev–Trinajstić information content (AvgIpc) is 2.42. The molecule has 0 amide bonds. The molecule has 0 spiro atoms. The molecule has 0 heterocycles. The lowest BCUT2D eigenvalue weighted by Gasteiger charge is -2.07. The summed E-state index contributed by atoms with van der Waals surface area (Å²) < 4.78 is 16.1. The van der Waals surface area contributed by atoms with Gasteiger partial charge in [-0.1, -0.05) is 12.2 Å². The van der Waals surface area contributed by atoms with Gasteiger partial charge in [-0.15, -0.1) is 0 Å². The average molecular weight is 283 g/mol. The highest BCUT2D eigenvalue weighted by Crippen LogP contribution is 2.12. The minimum atomic E-state index is 0.397. The van der Waals surface area contributed by atoms with Crippen molar-refractivity contribution >= 4 is 17.2 Å². The summed E-state index contributed by atoms with van der Waals surface area (Å²) in [5.74, 6) is 0.814. The summed E-state index contributed by atoms with van der Waals surface area (Å²) in [7, 11) is 0. The Kier molecular flexibility index (Phi) is 8.13. The van der Waals surface area contributed by atoms with Crippen molar-refractivity contribution in [2.45, 2.75) is 13.3 Å². The maximum Gasteiger partial charge on any atom is 0.119 e. The maximum absolute atomic E-state index is 5.57. The van der Waals surface area contributed by atoms with Crippen molar-refractivity contribution in [2.24, 2.45) is 5.73 Å². The molecule has 0 saturated heterocycles. The van der Waals surface area contributed by atoms with E-state index in [1.807, 2.05) is 31.2 Å². The van der Waals surface area contributed by atoms with Gasteiger partial charge in [0, 0.05) is 25.2 Å². The van der Waals surface area contributed by atoms with Crippen molar-refractivity contribution in [1.82, 2.24) is 0 Å². The molecule has 0 aliphatic heterocycles. The van der Waals surface area contributed by atoms with Crippen LogP contribution in [0.3, 0.4) is 0 Å². The zero-order valence-electron chi connectivity index (χ0n) is 11.3. The van der Waals surface area contributed by atoms with Crippen LogP contribution in [0.2, 0.25) is 0 Å². The van der Waals surface area contributed by atoms with Gasteiger partial charge in [-0.3, -0.25) is 0 Å². The second-order valence-electron chi connectivity index (χ2n) is 3.90. The molecule has 106 valence electrons. The van der Waals surface area contributed by atoms with Gasteiger partial charge < -0.3 is 19.9 Å². The molecule has 2 N–H and O–H groups in total. The van der Waals surface area contributed by atoms with Gasteiger partial charge in [0.05, 0.1) is 19.8 Å². The molecular weight excluding hydrogens is 262 g/mol. The van der Waals surface area contributed by atoms with Crippen molar-refractivity contribution in [1.29, 1.82) is 0 Å². The van der Waals surface area contributed by atoms with Crippen molar-refractivity contribution < 1.29 is 14.2 Å². The van der Waals surface area contributed by atoms with Crippen LogP contribution in [-0.2, 0) is 9.47 Å². The molecule has 0 unspecified atom stereocenters. The number of hydrogen-bond donors (Lipinski definition) is 1. The molecule has 5 heteroatoms. The van der Waals surface area contributed by atoms with Crippen molar-refractivity contribution in [2.75, 3.05) is 33.0 Å². The van der Waals surface area contributed by atoms with Crippen molar-refractivity contribution in [3.8, 4) is 5.75 Å². The maximum atomic E-state index is 5.57. The number of thiocarbonyl (C=S) groups is 1. The lowest BCUT2D eigenvalue weighted by molar-refractivity contribution is 0.0482. The Hall–Kier alpha value is -1.17. The molecule has 1 rings (SSSR count). The number of nitrogens with two attached hydrogens (primary N) is 1. The number of hydrogen-bond acceptors (Lipinski definition) is 4. The minimum absolute atomic E-state index is 0.397. The Balaban J connectivity index is 2.07. The zero-order chi connectivity index (χ0) is 13.9. The molecule has 0 bridgehead atoms. The first kappa shape index (κ1) is 15.9. The van der Waals surface area contributed by atoms with Crippen LogP contribution in [0, 0.1) is 0 Å². The van der Waals surface area contributed by atoms with Crippen LogP contribution in [0.1, 0.15) is 18.9 Å². The first-order valence-corrected chi connectivity index (χ1v) is 6.83. The summed E-state index contributed by atoms with van der Waals surface area (Å²) in [5.41, 5.74) is 6.37. The van der Waals surface area contributed by atoms with Gasteiger partial charge in [0.2, 0.25) is 0 Å². The minimum Gasteiger partial charge on any atom is -0.494 e. The SMILES string of the molecule is CCOCCOCCCOc1ccc(C(N)=S)cc1. The monoisotopic (exact) mass is 283 g/mol. The lowest BCUT2D eigenvalue weighted by atomic mass is 10.2. The molecule has 0 aliphatic carbocycles. The summed E-state index contributed by atoms with van der Waals surface area (Å²) in [6.07, 6.45) is 0.850. The fourth-order valence-electron chi connectivity index (χ4n) is 1.43. The summed E-state index contributed by atoms with van der Waals surface area (Å²) in [4.78, 5) is 0.397. The van der Waals surface area contributed by atoms with Crippen LogP contribution in [0.4, 0.5) is 0 Å². The van der Waals surface area contributed by atoms with Gasteiger partial charge in [-0.25, -0.2) is 0 Å². The van der Waals surface area contributed by atoms with E-state index in [0.29, 0.717) is 31.4 Å². The van der Waals surface area contributed by atoms with E-state index in [2.05, 4.69) is 0 Å². The van der Waals surface area contributed by atoms with Crippen LogP contribution < -0.4 is 10.5 Å². The Morgan fingerprint density at radius 3 is 2.37 bits per heavy atom. The van der Waals surface area contributed by atoms with Gasteiger partial charge >= 0.3 is 0 Å². The van der Waals surface area contributed by atoms with Crippen LogP contribution in [0.15, 0.2) is 24.3 Å². The Labute approximate surface area is 119 Å². The van der Waals surface area contributed by atoms with Gasteiger partial charge in [0.1, 0.15) is 10.7 Å². The van der Waals surface area contributed by atoms with E-state index >= 15 is 0 Å². The lowest BCUT2D eigenvalue weighted by Crippen LogP contribution is -2.09. The second-order valence-corrected chi connectivity index (χ2v) is 4.34. The van der Waals surface area contributed by atoms with Crippen LogP contribution in [-0.4, -0.2) is 38.0 Å². The van der Waals surface area contributed by atoms with Gasteiger partial charge in [-0.2, -0.15) is 0 Å². The quantitative estimate of drug-likeness (QED) is 0.527. The molecule has 0 radical (unpaired) electrons. The van der Waals surface area contributed by atoms with Crippen molar-refractivity contribution in [3.63, 3.8) is 0 Å². The second kappa shape index (κ2) is 9.72. The molecular formula is C14H21NO3S. The molecule has 0 fully saturated rings. The number of ether oxygens (including phenoxy) is 3. The van der Waals surface area contributed by atoms with Gasteiger partial charge in [-0.05, 0) is 31.2 Å². The fraction of sp³-hybridized carbons (Fsp3) is 0.500. The summed E-state index contributed by atoms with van der Waals surface area (Å²) in [5, 5.41) is 0. The molecule has 0 atom stereocenters. The smallest absolute Gasteiger partial charge is 0.119 e. The molecule has 0 aliphatic rings. The van der Waals surface area contributed by atoms with Crippen LogP contribution >= 0.6 is 12.2 Å². The Morgan fingerprint density at radius 2 is 1.74 bits per heavy atom. The topological polar surface area (TPSA) is 53.7 Å². The highest BCUT2D eigenvalue weighted by Gasteiger charge is 1.97. The third-order valence-corrected chi connectivity index (χ3v) is 2.65. The standard InChI is InChI=1S/C14H21NO3S/c1-2-16-10-11-17-8-3-9-18-13-6-4-12(5-7-13)14(15)19/h4-7H,2-3,8-11H2,1H3,(H2,15,19). The number of rotatable bonds is 10.